The number of nitrogens with zero attached hydrogens (tertiary/aromatic N) is 1. The number of ether oxygens (including phenoxy) is 1. The molecular weight excluding hydrogens is 342 g/mol. The Hall–Kier alpha value is -2.53. The number of hydrogen-bond acceptors (Lipinski definition) is 5. The summed E-state index contributed by atoms with van der Waals surface area (Å²) in [4.78, 5) is 17.4. The molecule has 0 spiro atoms. The Bertz CT molecular complexity index is 726. The number of methoxy groups -OCH3 is 1. The van der Waals surface area contributed by atoms with Crippen LogP contribution in [0.25, 0.3) is 0 Å². The van der Waals surface area contributed by atoms with E-state index in [-0.39, 0.29) is 18.3 Å². The van der Waals surface area contributed by atoms with Crippen LogP contribution in [0.4, 0.5) is 0 Å². The fourth-order valence-corrected chi connectivity index (χ4v) is 2.39. The van der Waals surface area contributed by atoms with E-state index in [0.717, 1.165) is 11.1 Å². The van der Waals surface area contributed by atoms with Gasteiger partial charge in [-0.1, -0.05) is 41.0 Å². The van der Waals surface area contributed by atoms with E-state index in [9.17, 15) is 9.90 Å². The third-order valence-corrected chi connectivity index (χ3v) is 3.97. The highest BCUT2D eigenvalue weighted by molar-refractivity contribution is 6.30. The van der Waals surface area contributed by atoms with Gasteiger partial charge in [0.1, 0.15) is 18.3 Å². The maximum absolute atomic E-state index is 12.1. The number of phenolic OH excluding ortho intramolecular Hbond substituents is 1. The van der Waals surface area contributed by atoms with Crippen LogP contribution in [0.1, 0.15) is 18.1 Å². The second kappa shape index (κ2) is 9.08. The Morgan fingerprint density at radius 2 is 1.72 bits per heavy atom. The number of phenols is 1. The van der Waals surface area contributed by atoms with E-state index in [1.807, 2.05) is 12.1 Å². The summed E-state index contributed by atoms with van der Waals surface area (Å²) < 4.78 is 4.87. The molecule has 2 rings (SSSR count). The molecule has 0 aliphatic carbocycles. The predicted molar refractivity (Wildman–Crippen MR) is 96.7 cm³/mol. The van der Waals surface area contributed by atoms with Crippen LogP contribution >= 0.6 is 11.6 Å². The lowest BCUT2D eigenvalue weighted by Gasteiger charge is -2.14. The van der Waals surface area contributed by atoms with Crippen LogP contribution in [0.3, 0.4) is 0 Å². The number of oxime groups is 1. The molecule has 1 atom stereocenters. The van der Waals surface area contributed by atoms with E-state index in [4.69, 9.17) is 21.2 Å². The molecule has 0 bridgehead atoms. The summed E-state index contributed by atoms with van der Waals surface area (Å²) in [6.45, 7) is 2.01. The number of carbonyl (C=O) groups is 1. The van der Waals surface area contributed by atoms with E-state index in [1.165, 1.54) is 7.11 Å². The first-order valence-corrected chi connectivity index (χ1v) is 8.14. The minimum atomic E-state index is -0.556. The van der Waals surface area contributed by atoms with Crippen LogP contribution in [0, 0.1) is 5.92 Å². The van der Waals surface area contributed by atoms with Gasteiger partial charge in [0.15, 0.2) is 0 Å². The van der Waals surface area contributed by atoms with Crippen LogP contribution in [0.15, 0.2) is 53.7 Å². The highest BCUT2D eigenvalue weighted by Gasteiger charge is 2.23. The molecule has 0 fully saturated rings. The Morgan fingerprint density at radius 1 is 1.12 bits per heavy atom. The van der Waals surface area contributed by atoms with Crippen molar-refractivity contribution >= 4 is 23.3 Å². The first-order chi connectivity index (χ1) is 12.0. The number of rotatable bonds is 7. The van der Waals surface area contributed by atoms with E-state index < -0.39 is 5.92 Å². The molecule has 2 aromatic carbocycles. The van der Waals surface area contributed by atoms with E-state index in [1.54, 1.807) is 43.3 Å². The van der Waals surface area contributed by atoms with Gasteiger partial charge in [0.2, 0.25) is 0 Å². The molecule has 1 unspecified atom stereocenters. The molecule has 1 N–H and O–H groups in total. The van der Waals surface area contributed by atoms with Crippen LogP contribution in [0.5, 0.6) is 5.75 Å². The molecule has 0 heterocycles. The molecular formula is C19H20ClNO4. The van der Waals surface area contributed by atoms with Crippen LogP contribution < -0.4 is 0 Å². The smallest absolute Gasteiger partial charge is 0.314 e. The predicted octanol–water partition coefficient (Wildman–Crippen LogP) is 3.97. The highest BCUT2D eigenvalue weighted by Crippen LogP contribution is 2.17. The molecule has 5 nitrogen and oxygen atoms in total. The summed E-state index contributed by atoms with van der Waals surface area (Å²) in [5.74, 6) is -0.765. The van der Waals surface area contributed by atoms with Gasteiger partial charge in [-0.05, 0) is 48.7 Å². The molecule has 25 heavy (non-hydrogen) atoms. The Balaban J connectivity index is 2.03. The third-order valence-electron chi connectivity index (χ3n) is 3.72. The van der Waals surface area contributed by atoms with E-state index >= 15 is 0 Å². The Kier molecular flexibility index (Phi) is 6.83. The Morgan fingerprint density at radius 3 is 2.32 bits per heavy atom. The number of esters is 1. The lowest BCUT2D eigenvalue weighted by molar-refractivity contribution is -0.143. The first-order valence-electron chi connectivity index (χ1n) is 7.76. The number of benzene rings is 2. The second-order valence-corrected chi connectivity index (χ2v) is 6.02. The topological polar surface area (TPSA) is 68.1 Å². The molecule has 0 radical (unpaired) electrons. The van der Waals surface area contributed by atoms with E-state index in [2.05, 4.69) is 5.16 Å². The molecule has 0 aliphatic heterocycles. The van der Waals surface area contributed by atoms with Crippen molar-refractivity contribution in [2.45, 2.75) is 20.0 Å². The monoisotopic (exact) mass is 361 g/mol. The van der Waals surface area contributed by atoms with Gasteiger partial charge in [-0.3, -0.25) is 4.79 Å². The molecule has 2 aromatic rings. The summed E-state index contributed by atoms with van der Waals surface area (Å²) in [6, 6.07) is 13.9. The average Bonchev–Trinajstić information content (AvgIpc) is 2.62. The fraction of sp³-hybridized carbons (Fsp3) is 0.263. The molecule has 0 saturated carbocycles. The lowest BCUT2D eigenvalue weighted by atomic mass is 9.95. The van der Waals surface area contributed by atoms with Gasteiger partial charge in [0.25, 0.3) is 0 Å². The quantitative estimate of drug-likeness (QED) is 0.460. The summed E-state index contributed by atoms with van der Waals surface area (Å²) >= 11 is 5.84. The molecule has 0 amide bonds. The number of aromatic hydroxyl groups is 1. The highest BCUT2D eigenvalue weighted by atomic mass is 35.5. The summed E-state index contributed by atoms with van der Waals surface area (Å²) in [7, 11) is 1.34. The maximum Gasteiger partial charge on any atom is 0.314 e. The van der Waals surface area contributed by atoms with Gasteiger partial charge in [0.05, 0.1) is 12.8 Å². The van der Waals surface area contributed by atoms with Gasteiger partial charge >= 0.3 is 5.97 Å². The molecule has 0 saturated heterocycles. The SMILES string of the molecule is COC(=O)C(Cc1ccc(O)cc1)C(C)=NOCc1ccc(Cl)cc1. The fourth-order valence-electron chi connectivity index (χ4n) is 2.26. The summed E-state index contributed by atoms with van der Waals surface area (Å²) in [6.07, 6.45) is 0.409. The van der Waals surface area contributed by atoms with Crippen molar-refractivity contribution in [2.24, 2.45) is 11.1 Å². The minimum absolute atomic E-state index is 0.176. The van der Waals surface area contributed by atoms with Crippen molar-refractivity contribution in [1.29, 1.82) is 0 Å². The largest absolute Gasteiger partial charge is 0.508 e. The standard InChI is InChI=1S/C19H20ClNO4/c1-13(21-25-12-15-3-7-16(20)8-4-15)18(19(23)24-2)11-14-5-9-17(22)10-6-14/h3-10,18,22H,11-12H2,1-2H3. The van der Waals surface area contributed by atoms with Crippen molar-refractivity contribution in [3.63, 3.8) is 0 Å². The molecule has 6 heteroatoms. The van der Waals surface area contributed by atoms with Crippen molar-refractivity contribution in [3.05, 3.63) is 64.7 Å². The Labute approximate surface area is 151 Å². The van der Waals surface area contributed by atoms with Gasteiger partial charge in [-0.25, -0.2) is 0 Å². The van der Waals surface area contributed by atoms with Crippen LogP contribution in [0.2, 0.25) is 5.02 Å². The zero-order valence-electron chi connectivity index (χ0n) is 14.1. The minimum Gasteiger partial charge on any atom is -0.508 e. The normalized spacial score (nSPS) is 12.5. The first kappa shape index (κ1) is 18.8. The van der Waals surface area contributed by atoms with Crippen molar-refractivity contribution in [2.75, 3.05) is 7.11 Å². The number of halogens is 1. The third kappa shape index (κ3) is 5.80. The van der Waals surface area contributed by atoms with Crippen LogP contribution in [-0.2, 0) is 27.4 Å². The number of carbonyl (C=O) groups excluding carboxylic acids is 1. The zero-order chi connectivity index (χ0) is 18.2. The second-order valence-electron chi connectivity index (χ2n) is 5.58. The van der Waals surface area contributed by atoms with Crippen LogP contribution in [-0.4, -0.2) is 23.9 Å². The summed E-state index contributed by atoms with van der Waals surface area (Å²) in [5, 5.41) is 14.1. The number of hydrogen-bond donors (Lipinski definition) is 1. The van der Waals surface area contributed by atoms with Crippen molar-refractivity contribution < 1.29 is 19.5 Å². The zero-order valence-corrected chi connectivity index (χ0v) is 14.9. The average molecular weight is 362 g/mol. The maximum atomic E-state index is 12.1. The molecule has 0 aliphatic rings. The van der Waals surface area contributed by atoms with Gasteiger partial charge in [-0.15, -0.1) is 0 Å². The van der Waals surface area contributed by atoms with Crippen molar-refractivity contribution in [3.8, 4) is 5.75 Å². The van der Waals surface area contributed by atoms with Crippen molar-refractivity contribution in [1.82, 2.24) is 0 Å². The lowest BCUT2D eigenvalue weighted by Crippen LogP contribution is -2.26. The van der Waals surface area contributed by atoms with Gasteiger partial charge < -0.3 is 14.7 Å². The van der Waals surface area contributed by atoms with E-state index in [0.29, 0.717) is 17.2 Å². The molecule has 0 aromatic heterocycles. The van der Waals surface area contributed by atoms with Gasteiger partial charge in [-0.2, -0.15) is 0 Å². The summed E-state index contributed by atoms with van der Waals surface area (Å²) in [5.41, 5.74) is 2.34. The molecule has 132 valence electrons. The van der Waals surface area contributed by atoms with Gasteiger partial charge in [0, 0.05) is 5.02 Å².